The summed E-state index contributed by atoms with van der Waals surface area (Å²) in [6, 6.07) is 16.1. The second kappa shape index (κ2) is 8.45. The predicted octanol–water partition coefficient (Wildman–Crippen LogP) is 1.93. The van der Waals surface area contributed by atoms with Gasteiger partial charge in [-0.25, -0.2) is 4.79 Å². The molecule has 2 aromatic carbocycles. The molecule has 3 rings (SSSR count). The number of aromatic carboxylic acids is 1. The molecular formula is C17H17N5O3S. The molecule has 3 N–H and O–H groups in total. The molecule has 134 valence electrons. The van der Waals surface area contributed by atoms with Crippen LogP contribution in [0.4, 0.5) is 5.69 Å². The highest BCUT2D eigenvalue weighted by Crippen LogP contribution is 2.19. The molecule has 0 radical (unpaired) electrons. The van der Waals surface area contributed by atoms with Gasteiger partial charge in [0.15, 0.2) is 0 Å². The van der Waals surface area contributed by atoms with Gasteiger partial charge in [0, 0.05) is 18.0 Å². The van der Waals surface area contributed by atoms with Crippen molar-refractivity contribution in [2.45, 2.75) is 11.3 Å². The maximum absolute atomic E-state index is 11.2. The van der Waals surface area contributed by atoms with Gasteiger partial charge < -0.3 is 15.5 Å². The molecule has 1 atom stereocenters. The first-order valence-electron chi connectivity index (χ1n) is 7.86. The number of tetrazole rings is 1. The van der Waals surface area contributed by atoms with E-state index in [9.17, 15) is 9.90 Å². The smallest absolute Gasteiger partial charge is 0.337 e. The Kier molecular flexibility index (Phi) is 5.82. The van der Waals surface area contributed by atoms with Crippen LogP contribution < -0.4 is 5.32 Å². The van der Waals surface area contributed by atoms with Gasteiger partial charge in [-0.15, -0.1) is 5.10 Å². The van der Waals surface area contributed by atoms with Gasteiger partial charge in [-0.05, 0) is 34.7 Å². The van der Waals surface area contributed by atoms with Crippen LogP contribution in [0.2, 0.25) is 0 Å². The summed E-state index contributed by atoms with van der Waals surface area (Å²) in [5, 5.41) is 34.5. The first kappa shape index (κ1) is 17.9. The summed E-state index contributed by atoms with van der Waals surface area (Å²) in [7, 11) is 0. The van der Waals surface area contributed by atoms with E-state index in [2.05, 4.69) is 20.8 Å². The van der Waals surface area contributed by atoms with Crippen LogP contribution in [-0.4, -0.2) is 54.8 Å². The fraction of sp³-hybridized carbons (Fsp3) is 0.176. The van der Waals surface area contributed by atoms with Crippen molar-refractivity contribution < 1.29 is 15.0 Å². The Bertz CT molecular complexity index is 872. The second-order valence-corrected chi connectivity index (χ2v) is 6.39. The summed E-state index contributed by atoms with van der Waals surface area (Å²) in [6.45, 7) is 0.212. The van der Waals surface area contributed by atoms with E-state index in [1.54, 1.807) is 22.9 Å². The van der Waals surface area contributed by atoms with Crippen LogP contribution >= 0.6 is 11.8 Å². The highest BCUT2D eigenvalue weighted by Gasteiger charge is 2.14. The van der Waals surface area contributed by atoms with Crippen molar-refractivity contribution in [2.75, 3.05) is 17.6 Å². The van der Waals surface area contributed by atoms with Crippen molar-refractivity contribution in [3.8, 4) is 5.69 Å². The molecule has 1 aromatic heterocycles. The monoisotopic (exact) mass is 371 g/mol. The standard InChI is InChI=1S/C17H17N5O3S/c23-13(10-18-15-9-5-4-8-14(15)16(24)25)11-26-17-19-20-21-22(17)12-6-2-1-3-7-12/h1-9,13,18,23H,10-11H2,(H,24,25)/t13-/m0/s1. The van der Waals surface area contributed by atoms with Crippen LogP contribution in [-0.2, 0) is 0 Å². The maximum Gasteiger partial charge on any atom is 0.337 e. The fourth-order valence-electron chi connectivity index (χ4n) is 2.28. The predicted molar refractivity (Wildman–Crippen MR) is 97.8 cm³/mol. The number of aliphatic hydroxyl groups is 1. The van der Waals surface area contributed by atoms with Crippen LogP contribution in [0.15, 0.2) is 59.8 Å². The first-order valence-corrected chi connectivity index (χ1v) is 8.84. The van der Waals surface area contributed by atoms with Crippen molar-refractivity contribution in [3.05, 3.63) is 60.2 Å². The normalized spacial score (nSPS) is 11.9. The minimum Gasteiger partial charge on any atom is -0.478 e. The highest BCUT2D eigenvalue weighted by atomic mass is 32.2. The van der Waals surface area contributed by atoms with Crippen molar-refractivity contribution in [3.63, 3.8) is 0 Å². The van der Waals surface area contributed by atoms with E-state index in [4.69, 9.17) is 5.11 Å². The Morgan fingerprint density at radius 2 is 1.88 bits per heavy atom. The number of anilines is 1. The van der Waals surface area contributed by atoms with E-state index in [0.29, 0.717) is 16.6 Å². The number of carboxylic acids is 1. The average Bonchev–Trinajstić information content (AvgIpc) is 3.14. The van der Waals surface area contributed by atoms with E-state index in [-0.39, 0.29) is 12.1 Å². The quantitative estimate of drug-likeness (QED) is 0.515. The molecule has 8 nitrogen and oxygen atoms in total. The molecule has 0 aliphatic rings. The lowest BCUT2D eigenvalue weighted by Gasteiger charge is -2.13. The number of hydrogen-bond acceptors (Lipinski definition) is 7. The SMILES string of the molecule is O=C(O)c1ccccc1NC[C@H](O)CSc1nnnn1-c1ccccc1. The van der Waals surface area contributed by atoms with Crippen LogP contribution in [0.1, 0.15) is 10.4 Å². The number of para-hydroxylation sites is 2. The number of nitrogens with one attached hydrogen (secondary N) is 1. The summed E-state index contributed by atoms with van der Waals surface area (Å²) in [5.74, 6) is -0.658. The van der Waals surface area contributed by atoms with Gasteiger partial charge in [0.1, 0.15) is 0 Å². The Morgan fingerprint density at radius 1 is 1.15 bits per heavy atom. The lowest BCUT2D eigenvalue weighted by molar-refractivity contribution is 0.0697. The van der Waals surface area contributed by atoms with E-state index in [1.165, 1.54) is 17.8 Å². The van der Waals surface area contributed by atoms with Crippen molar-refractivity contribution in [2.24, 2.45) is 0 Å². The molecule has 0 saturated heterocycles. The van der Waals surface area contributed by atoms with E-state index in [1.807, 2.05) is 30.3 Å². The lowest BCUT2D eigenvalue weighted by atomic mass is 10.2. The molecule has 0 bridgehead atoms. The summed E-state index contributed by atoms with van der Waals surface area (Å²) < 4.78 is 1.60. The van der Waals surface area contributed by atoms with Gasteiger partial charge in [0.25, 0.3) is 0 Å². The lowest BCUT2D eigenvalue weighted by Crippen LogP contribution is -2.23. The molecule has 9 heteroatoms. The van der Waals surface area contributed by atoms with Crippen LogP contribution in [0.5, 0.6) is 0 Å². The number of aliphatic hydroxyl groups excluding tert-OH is 1. The van der Waals surface area contributed by atoms with Gasteiger partial charge in [0.05, 0.1) is 17.4 Å². The van der Waals surface area contributed by atoms with Gasteiger partial charge in [-0.2, -0.15) is 4.68 Å². The minimum atomic E-state index is -1.01. The number of carboxylic acid groups (broad SMARTS) is 1. The summed E-state index contributed by atoms with van der Waals surface area (Å²) in [6.07, 6.45) is -0.706. The maximum atomic E-state index is 11.2. The summed E-state index contributed by atoms with van der Waals surface area (Å²) in [5.41, 5.74) is 1.47. The fourth-order valence-corrected chi connectivity index (χ4v) is 3.10. The van der Waals surface area contributed by atoms with Gasteiger partial charge >= 0.3 is 5.97 Å². The molecule has 0 spiro atoms. The minimum absolute atomic E-state index is 0.167. The number of carbonyl (C=O) groups is 1. The highest BCUT2D eigenvalue weighted by molar-refractivity contribution is 7.99. The van der Waals surface area contributed by atoms with E-state index < -0.39 is 12.1 Å². The van der Waals surface area contributed by atoms with E-state index >= 15 is 0 Å². The largest absolute Gasteiger partial charge is 0.478 e. The topological polar surface area (TPSA) is 113 Å². The number of thioether (sulfide) groups is 1. The van der Waals surface area contributed by atoms with Gasteiger partial charge in [-0.1, -0.05) is 42.1 Å². The molecule has 1 heterocycles. The zero-order valence-electron chi connectivity index (χ0n) is 13.7. The molecule has 3 aromatic rings. The average molecular weight is 371 g/mol. The Labute approximate surface area is 153 Å². The van der Waals surface area contributed by atoms with Gasteiger partial charge in [-0.3, -0.25) is 0 Å². The molecular weight excluding hydrogens is 354 g/mol. The number of hydrogen-bond donors (Lipinski definition) is 3. The number of rotatable bonds is 8. The van der Waals surface area contributed by atoms with E-state index in [0.717, 1.165) is 5.69 Å². The van der Waals surface area contributed by atoms with Crippen molar-refractivity contribution in [1.82, 2.24) is 20.2 Å². The molecule has 0 amide bonds. The second-order valence-electron chi connectivity index (χ2n) is 5.41. The third-order valence-electron chi connectivity index (χ3n) is 3.53. The van der Waals surface area contributed by atoms with Crippen molar-refractivity contribution in [1.29, 1.82) is 0 Å². The molecule has 0 saturated carbocycles. The molecule has 26 heavy (non-hydrogen) atoms. The summed E-state index contributed by atoms with van der Waals surface area (Å²) in [4.78, 5) is 11.2. The van der Waals surface area contributed by atoms with Crippen LogP contribution in [0.3, 0.4) is 0 Å². The van der Waals surface area contributed by atoms with Crippen LogP contribution in [0, 0.1) is 0 Å². The Hall–Kier alpha value is -2.91. The number of benzene rings is 2. The number of aromatic nitrogens is 4. The molecule has 0 aliphatic heterocycles. The first-order chi connectivity index (χ1) is 12.6. The molecule has 0 aliphatic carbocycles. The Morgan fingerprint density at radius 3 is 2.65 bits per heavy atom. The molecule has 0 unspecified atom stereocenters. The third-order valence-corrected chi connectivity index (χ3v) is 4.60. The summed E-state index contributed by atoms with van der Waals surface area (Å²) >= 11 is 1.32. The van der Waals surface area contributed by atoms with Gasteiger partial charge in [0.2, 0.25) is 5.16 Å². The van der Waals surface area contributed by atoms with Crippen LogP contribution in [0.25, 0.3) is 5.69 Å². The number of nitrogens with zero attached hydrogens (tertiary/aromatic N) is 4. The third kappa shape index (κ3) is 4.38. The molecule has 0 fully saturated rings. The zero-order valence-corrected chi connectivity index (χ0v) is 14.5. The zero-order chi connectivity index (χ0) is 18.4. The Balaban J connectivity index is 1.57. The van der Waals surface area contributed by atoms with Crippen molar-refractivity contribution >= 4 is 23.4 Å².